The summed E-state index contributed by atoms with van der Waals surface area (Å²) in [6.07, 6.45) is 5.17. The molecule has 0 saturated carbocycles. The zero-order valence-electron chi connectivity index (χ0n) is 16.5. The summed E-state index contributed by atoms with van der Waals surface area (Å²) >= 11 is 0. The first-order valence-electron chi connectivity index (χ1n) is 9.89. The average Bonchev–Trinajstić information content (AvgIpc) is 3.30. The molecular weight excluding hydrogens is 384 g/mol. The van der Waals surface area contributed by atoms with Gasteiger partial charge in [0.25, 0.3) is 0 Å². The number of aliphatic hydroxyl groups is 2. The number of rotatable bonds is 5. The minimum absolute atomic E-state index is 0.312. The lowest BCUT2D eigenvalue weighted by atomic mass is 10.2. The van der Waals surface area contributed by atoms with Crippen LogP contribution in [0.4, 0.5) is 17.6 Å². The van der Waals surface area contributed by atoms with E-state index in [1.807, 2.05) is 27.7 Å². The first kappa shape index (κ1) is 18.6. The van der Waals surface area contributed by atoms with Crippen molar-refractivity contribution in [2.45, 2.75) is 32.1 Å². The molecule has 1 fully saturated rings. The minimum Gasteiger partial charge on any atom is -0.392 e. The molecule has 0 aliphatic carbocycles. The van der Waals surface area contributed by atoms with Crippen molar-refractivity contribution in [1.29, 1.82) is 0 Å². The Morgan fingerprint density at radius 3 is 2.83 bits per heavy atom. The third-order valence-electron chi connectivity index (χ3n) is 5.23. The molecule has 10 nitrogen and oxygen atoms in total. The molecule has 4 aromatic heterocycles. The highest BCUT2D eigenvalue weighted by Gasteiger charge is 2.21. The zero-order valence-corrected chi connectivity index (χ0v) is 16.5. The number of hydrogen-bond donors (Lipinski definition) is 3. The van der Waals surface area contributed by atoms with Gasteiger partial charge in [-0.25, -0.2) is 4.98 Å². The maximum absolute atomic E-state index is 9.94. The van der Waals surface area contributed by atoms with E-state index in [4.69, 9.17) is 0 Å². The Labute approximate surface area is 172 Å². The van der Waals surface area contributed by atoms with E-state index in [1.54, 1.807) is 25.5 Å². The van der Waals surface area contributed by atoms with E-state index in [-0.39, 0.29) is 6.10 Å². The maximum atomic E-state index is 9.94. The molecule has 5 heterocycles. The third kappa shape index (κ3) is 3.40. The van der Waals surface area contributed by atoms with Crippen LogP contribution >= 0.6 is 0 Å². The molecule has 1 saturated heterocycles. The normalized spacial score (nSPS) is 17.7. The van der Waals surface area contributed by atoms with Gasteiger partial charge in [0.05, 0.1) is 30.5 Å². The summed E-state index contributed by atoms with van der Waals surface area (Å²) in [6.45, 7) is 3.48. The molecule has 0 bridgehead atoms. The fourth-order valence-electron chi connectivity index (χ4n) is 3.85. The summed E-state index contributed by atoms with van der Waals surface area (Å²) in [5, 5.41) is 33.1. The molecule has 2 atom stereocenters. The van der Waals surface area contributed by atoms with Crippen molar-refractivity contribution < 1.29 is 10.2 Å². The number of nitrogens with zero attached hydrogens (tertiary/aromatic N) is 7. The van der Waals surface area contributed by atoms with Crippen LogP contribution in [-0.4, -0.2) is 65.2 Å². The van der Waals surface area contributed by atoms with Gasteiger partial charge < -0.3 is 25.0 Å². The lowest BCUT2D eigenvalue weighted by Gasteiger charge is -2.15. The van der Waals surface area contributed by atoms with Crippen molar-refractivity contribution in [1.82, 2.24) is 29.7 Å². The van der Waals surface area contributed by atoms with Gasteiger partial charge in [0, 0.05) is 36.3 Å². The minimum atomic E-state index is -0.530. The molecule has 10 heteroatoms. The van der Waals surface area contributed by atoms with Gasteiger partial charge in [-0.05, 0) is 31.5 Å². The zero-order chi connectivity index (χ0) is 20.7. The fraction of sp³-hybridized carbons (Fsp3) is 0.350. The first-order chi connectivity index (χ1) is 14.6. The third-order valence-corrected chi connectivity index (χ3v) is 5.23. The number of aromatic nitrogens is 6. The molecule has 0 radical (unpaired) electrons. The number of nitrogens with one attached hydrogen (secondary N) is 1. The molecule has 1 aliphatic rings. The van der Waals surface area contributed by atoms with E-state index in [0.29, 0.717) is 30.5 Å². The Kier molecular flexibility index (Phi) is 4.64. The number of pyridine rings is 1. The van der Waals surface area contributed by atoms with Crippen LogP contribution in [0.1, 0.15) is 13.3 Å². The Balaban J connectivity index is 1.45. The van der Waals surface area contributed by atoms with Crippen LogP contribution in [0.2, 0.25) is 0 Å². The van der Waals surface area contributed by atoms with Crippen LogP contribution in [-0.2, 0) is 6.54 Å². The highest BCUT2D eigenvalue weighted by molar-refractivity contribution is 6.06. The largest absolute Gasteiger partial charge is 0.392 e. The van der Waals surface area contributed by atoms with Gasteiger partial charge in [-0.1, -0.05) is 0 Å². The molecule has 1 aliphatic heterocycles. The Bertz CT molecular complexity index is 1190. The second kappa shape index (κ2) is 7.47. The standard InChI is InChI=1S/C20H22N8O2/c1-12(29)10-28-16-9-21-6-4-14(16)15-8-22-20(24-19(15)28)23-17-2-3-18(26-25-17)27-7-5-13(30)11-27/h2-4,6,8-9,12-13,29-30H,5,7,10-11H2,1H3,(H,22,23,24,25)/t12-,13+/m0/s1. The van der Waals surface area contributed by atoms with Gasteiger partial charge in [-0.3, -0.25) is 4.98 Å². The smallest absolute Gasteiger partial charge is 0.230 e. The molecule has 30 heavy (non-hydrogen) atoms. The van der Waals surface area contributed by atoms with Gasteiger partial charge >= 0.3 is 0 Å². The lowest BCUT2D eigenvalue weighted by Crippen LogP contribution is -2.22. The van der Waals surface area contributed by atoms with Crippen LogP contribution in [0.25, 0.3) is 21.9 Å². The van der Waals surface area contributed by atoms with E-state index in [0.717, 1.165) is 35.1 Å². The molecule has 0 aromatic carbocycles. The highest BCUT2D eigenvalue weighted by atomic mass is 16.3. The Hall–Kier alpha value is -3.37. The summed E-state index contributed by atoms with van der Waals surface area (Å²) in [7, 11) is 0. The van der Waals surface area contributed by atoms with Gasteiger partial charge in [0.1, 0.15) is 5.65 Å². The summed E-state index contributed by atoms with van der Waals surface area (Å²) in [5.74, 6) is 1.65. The molecule has 0 amide bonds. The predicted molar refractivity (Wildman–Crippen MR) is 113 cm³/mol. The molecular formula is C20H22N8O2. The Morgan fingerprint density at radius 2 is 2.10 bits per heavy atom. The van der Waals surface area contributed by atoms with Gasteiger partial charge in [0.15, 0.2) is 11.6 Å². The van der Waals surface area contributed by atoms with Crippen LogP contribution in [0.15, 0.2) is 36.8 Å². The van der Waals surface area contributed by atoms with Crippen LogP contribution in [0.5, 0.6) is 0 Å². The van der Waals surface area contributed by atoms with Crippen molar-refractivity contribution in [3.8, 4) is 0 Å². The first-order valence-corrected chi connectivity index (χ1v) is 9.89. The quantitative estimate of drug-likeness (QED) is 0.452. The molecule has 4 aromatic rings. The molecule has 0 spiro atoms. The van der Waals surface area contributed by atoms with E-state index in [2.05, 4.69) is 30.5 Å². The SMILES string of the molecule is C[C@H](O)Cn1c2cnccc2c2cnc(Nc3ccc(N4CC[C@@H](O)C4)nn3)nc21. The number of aliphatic hydroxyl groups excluding tert-OH is 2. The van der Waals surface area contributed by atoms with Crippen molar-refractivity contribution in [3.63, 3.8) is 0 Å². The topological polar surface area (TPSA) is 125 Å². The fourth-order valence-corrected chi connectivity index (χ4v) is 3.85. The molecule has 0 unspecified atom stereocenters. The van der Waals surface area contributed by atoms with Crippen molar-refractivity contribution in [2.24, 2.45) is 0 Å². The summed E-state index contributed by atoms with van der Waals surface area (Å²) in [5.41, 5.74) is 1.61. The second-order valence-electron chi connectivity index (χ2n) is 7.57. The average molecular weight is 406 g/mol. The van der Waals surface area contributed by atoms with Gasteiger partial charge in [-0.2, -0.15) is 4.98 Å². The lowest BCUT2D eigenvalue weighted by molar-refractivity contribution is 0.176. The van der Waals surface area contributed by atoms with E-state index < -0.39 is 6.10 Å². The van der Waals surface area contributed by atoms with E-state index in [1.165, 1.54) is 0 Å². The summed E-state index contributed by atoms with van der Waals surface area (Å²) in [6, 6.07) is 5.60. The van der Waals surface area contributed by atoms with Crippen molar-refractivity contribution >= 4 is 39.5 Å². The number of anilines is 3. The predicted octanol–water partition coefficient (Wildman–Crippen LogP) is 1.46. The second-order valence-corrected chi connectivity index (χ2v) is 7.57. The van der Waals surface area contributed by atoms with E-state index >= 15 is 0 Å². The highest BCUT2D eigenvalue weighted by Crippen LogP contribution is 2.28. The van der Waals surface area contributed by atoms with Crippen LogP contribution < -0.4 is 10.2 Å². The number of fused-ring (bicyclic) bond motifs is 3. The summed E-state index contributed by atoms with van der Waals surface area (Å²) in [4.78, 5) is 15.3. The van der Waals surface area contributed by atoms with Crippen molar-refractivity contribution in [2.75, 3.05) is 23.3 Å². The Morgan fingerprint density at radius 1 is 1.20 bits per heavy atom. The van der Waals surface area contributed by atoms with Crippen molar-refractivity contribution in [3.05, 3.63) is 36.8 Å². The number of hydrogen-bond acceptors (Lipinski definition) is 9. The molecule has 5 rings (SSSR count). The number of β-amino-alcohol motifs (C(OH)–C–C–N with tert-alkyl or cyclic N) is 1. The van der Waals surface area contributed by atoms with Crippen LogP contribution in [0.3, 0.4) is 0 Å². The van der Waals surface area contributed by atoms with E-state index in [9.17, 15) is 10.2 Å². The molecule has 3 N–H and O–H groups in total. The van der Waals surface area contributed by atoms with Gasteiger partial charge in [0.2, 0.25) is 5.95 Å². The monoisotopic (exact) mass is 406 g/mol. The summed E-state index contributed by atoms with van der Waals surface area (Å²) < 4.78 is 1.95. The van der Waals surface area contributed by atoms with Gasteiger partial charge in [-0.15, -0.1) is 10.2 Å². The maximum Gasteiger partial charge on any atom is 0.230 e. The van der Waals surface area contributed by atoms with Crippen LogP contribution in [0, 0.1) is 0 Å². The molecule has 154 valence electrons.